The van der Waals surface area contributed by atoms with E-state index in [9.17, 15) is 4.79 Å². The number of benzene rings is 1. The van der Waals surface area contributed by atoms with E-state index in [1.54, 1.807) is 17.0 Å². The number of hydrogen-bond acceptors (Lipinski definition) is 5. The molecule has 0 radical (unpaired) electrons. The molecule has 1 amide bonds. The zero-order valence-electron chi connectivity index (χ0n) is 12.1. The van der Waals surface area contributed by atoms with Crippen molar-refractivity contribution in [3.63, 3.8) is 0 Å². The summed E-state index contributed by atoms with van der Waals surface area (Å²) in [7, 11) is 0. The van der Waals surface area contributed by atoms with Crippen molar-refractivity contribution in [3.05, 3.63) is 46.1 Å². The van der Waals surface area contributed by atoms with Crippen LogP contribution >= 0.6 is 11.6 Å². The lowest BCUT2D eigenvalue weighted by Gasteiger charge is -2.21. The summed E-state index contributed by atoms with van der Waals surface area (Å²) < 4.78 is 0. The summed E-state index contributed by atoms with van der Waals surface area (Å²) in [5, 5.41) is 0.650. The van der Waals surface area contributed by atoms with Crippen molar-refractivity contribution in [1.29, 1.82) is 0 Å². The molecule has 2 aromatic rings. The summed E-state index contributed by atoms with van der Waals surface area (Å²) in [4.78, 5) is 22.5. The fourth-order valence-electron chi connectivity index (χ4n) is 2.68. The lowest BCUT2D eigenvalue weighted by molar-refractivity contribution is -0.132. The second kappa shape index (κ2) is 5.46. The monoisotopic (exact) mass is 317 g/mol. The molecular weight excluding hydrogens is 302 g/mol. The molecule has 4 N–H and O–H groups in total. The molecule has 0 saturated carbocycles. The summed E-state index contributed by atoms with van der Waals surface area (Å²) in [6, 6.07) is 7.08. The van der Waals surface area contributed by atoms with E-state index >= 15 is 0 Å². The first-order chi connectivity index (χ1) is 10.5. The quantitative estimate of drug-likeness (QED) is 0.882. The van der Waals surface area contributed by atoms with Crippen LogP contribution < -0.4 is 11.5 Å². The van der Waals surface area contributed by atoms with Gasteiger partial charge in [0.2, 0.25) is 11.9 Å². The van der Waals surface area contributed by atoms with E-state index in [4.69, 9.17) is 23.1 Å². The second-order valence-corrected chi connectivity index (χ2v) is 5.77. The molecule has 0 bridgehead atoms. The first-order valence-electron chi connectivity index (χ1n) is 6.91. The number of nitrogens with two attached hydrogens (primary N) is 2. The Kier molecular flexibility index (Phi) is 3.62. The van der Waals surface area contributed by atoms with Gasteiger partial charge in [-0.05, 0) is 24.6 Å². The topological polar surface area (TPSA) is 98.1 Å². The number of rotatable bonds is 2. The first-order valence-corrected chi connectivity index (χ1v) is 7.29. The Morgan fingerprint density at radius 2 is 2.00 bits per heavy atom. The van der Waals surface area contributed by atoms with Crippen LogP contribution in [0.15, 0.2) is 24.3 Å². The number of carbonyl (C=O) groups excluding carboxylic acids is 1. The number of hydrogen-bond donors (Lipinski definition) is 2. The molecule has 0 aliphatic carbocycles. The predicted octanol–water partition coefficient (Wildman–Crippen LogP) is 1.94. The van der Waals surface area contributed by atoms with Crippen LogP contribution in [0.25, 0.3) is 0 Å². The number of aromatic nitrogens is 2. The van der Waals surface area contributed by atoms with Gasteiger partial charge >= 0.3 is 0 Å². The Bertz CT molecular complexity index is 731. The smallest absolute Gasteiger partial charge is 0.227 e. The Morgan fingerprint density at radius 3 is 2.68 bits per heavy atom. The van der Waals surface area contributed by atoms with Gasteiger partial charge in [-0.25, -0.2) is 4.98 Å². The highest BCUT2D eigenvalue weighted by Gasteiger charge is 2.33. The van der Waals surface area contributed by atoms with Gasteiger partial charge in [0.25, 0.3) is 0 Å². The Morgan fingerprint density at radius 1 is 1.32 bits per heavy atom. The number of carbonyl (C=O) groups is 1. The first kappa shape index (κ1) is 14.6. The van der Waals surface area contributed by atoms with Crippen molar-refractivity contribution < 1.29 is 4.79 Å². The minimum atomic E-state index is -0.164. The largest absolute Gasteiger partial charge is 0.383 e. The maximum atomic E-state index is 12.5. The lowest BCUT2D eigenvalue weighted by Crippen LogP contribution is -2.29. The van der Waals surface area contributed by atoms with Crippen molar-refractivity contribution in [2.45, 2.75) is 25.9 Å². The molecule has 1 atom stereocenters. The maximum absolute atomic E-state index is 12.5. The van der Waals surface area contributed by atoms with Gasteiger partial charge in [-0.1, -0.05) is 23.7 Å². The number of nitrogens with zero attached hydrogens (tertiary/aromatic N) is 3. The summed E-state index contributed by atoms with van der Waals surface area (Å²) in [5.41, 5.74) is 13.9. The van der Waals surface area contributed by atoms with Crippen LogP contribution in [0.1, 0.15) is 29.8 Å². The van der Waals surface area contributed by atoms with Gasteiger partial charge in [0.15, 0.2) is 0 Å². The minimum absolute atomic E-state index is 0.00536. The number of halogens is 1. The molecule has 114 valence electrons. The molecule has 1 aliphatic rings. The third-order valence-corrected chi connectivity index (χ3v) is 4.12. The van der Waals surface area contributed by atoms with E-state index in [2.05, 4.69) is 9.97 Å². The van der Waals surface area contributed by atoms with E-state index in [0.29, 0.717) is 23.8 Å². The highest BCUT2D eigenvalue weighted by Crippen LogP contribution is 2.35. The van der Waals surface area contributed by atoms with Crippen LogP contribution in [0.5, 0.6) is 0 Å². The highest BCUT2D eigenvalue weighted by molar-refractivity contribution is 6.30. The number of nitrogen functional groups attached to an aromatic ring is 2. The molecule has 6 nitrogen and oxygen atoms in total. The van der Waals surface area contributed by atoms with Crippen LogP contribution in [0.3, 0.4) is 0 Å². The normalized spacial score (nSPS) is 16.6. The van der Waals surface area contributed by atoms with Gasteiger partial charge in [0, 0.05) is 10.6 Å². The summed E-state index contributed by atoms with van der Waals surface area (Å²) in [6.07, 6.45) is 0.304. The molecule has 0 saturated heterocycles. The van der Waals surface area contributed by atoms with Gasteiger partial charge in [0.1, 0.15) is 5.82 Å². The fraction of sp³-hybridized carbons (Fsp3) is 0.267. The van der Waals surface area contributed by atoms with Crippen molar-refractivity contribution in [3.8, 4) is 0 Å². The highest BCUT2D eigenvalue weighted by atomic mass is 35.5. The van der Waals surface area contributed by atoms with Crippen LogP contribution in [-0.4, -0.2) is 20.8 Å². The Balaban J connectivity index is 1.80. The summed E-state index contributed by atoms with van der Waals surface area (Å²) in [6.45, 7) is 2.33. The van der Waals surface area contributed by atoms with Crippen LogP contribution in [-0.2, 0) is 17.8 Å². The summed E-state index contributed by atoms with van der Waals surface area (Å²) >= 11 is 5.86. The molecule has 1 unspecified atom stereocenters. The standard InChI is InChI=1S/C15H16ClN5O/c1-8-13-11(14(17)20-15(18)19-13)7-21(8)12(22)6-9-2-4-10(16)5-3-9/h2-5,8H,6-7H2,1H3,(H4,17,18,19,20). The van der Waals surface area contributed by atoms with Gasteiger partial charge in [-0.15, -0.1) is 0 Å². The molecule has 3 rings (SSSR count). The number of fused-ring (bicyclic) bond motifs is 1. The molecule has 22 heavy (non-hydrogen) atoms. The maximum Gasteiger partial charge on any atom is 0.227 e. The van der Waals surface area contributed by atoms with E-state index in [0.717, 1.165) is 16.8 Å². The van der Waals surface area contributed by atoms with Crippen molar-refractivity contribution in [2.24, 2.45) is 0 Å². The number of anilines is 2. The zero-order valence-corrected chi connectivity index (χ0v) is 12.8. The zero-order chi connectivity index (χ0) is 15.9. The fourth-order valence-corrected chi connectivity index (χ4v) is 2.81. The summed E-state index contributed by atoms with van der Waals surface area (Å²) in [5.74, 6) is 0.483. The van der Waals surface area contributed by atoms with E-state index < -0.39 is 0 Å². The van der Waals surface area contributed by atoms with Crippen LogP contribution in [0.4, 0.5) is 11.8 Å². The van der Waals surface area contributed by atoms with Crippen LogP contribution in [0, 0.1) is 0 Å². The average Bonchev–Trinajstić information content (AvgIpc) is 2.79. The molecule has 7 heteroatoms. The second-order valence-electron chi connectivity index (χ2n) is 5.33. The molecular formula is C15H16ClN5O. The van der Waals surface area contributed by atoms with E-state index in [-0.39, 0.29) is 17.9 Å². The van der Waals surface area contributed by atoms with Gasteiger partial charge in [-0.3, -0.25) is 4.79 Å². The van der Waals surface area contributed by atoms with Crippen molar-refractivity contribution in [1.82, 2.24) is 14.9 Å². The van der Waals surface area contributed by atoms with Gasteiger partial charge < -0.3 is 16.4 Å². The van der Waals surface area contributed by atoms with Crippen molar-refractivity contribution in [2.75, 3.05) is 11.5 Å². The van der Waals surface area contributed by atoms with Gasteiger partial charge in [0.05, 0.1) is 24.7 Å². The lowest BCUT2D eigenvalue weighted by atomic mass is 10.1. The third-order valence-electron chi connectivity index (χ3n) is 3.87. The predicted molar refractivity (Wildman–Crippen MR) is 85.0 cm³/mol. The molecule has 1 aromatic heterocycles. The van der Waals surface area contributed by atoms with E-state index in [1.807, 2.05) is 19.1 Å². The van der Waals surface area contributed by atoms with Crippen LogP contribution in [0.2, 0.25) is 5.02 Å². The average molecular weight is 318 g/mol. The third kappa shape index (κ3) is 2.57. The molecule has 1 aliphatic heterocycles. The van der Waals surface area contributed by atoms with Gasteiger partial charge in [-0.2, -0.15) is 4.98 Å². The SMILES string of the molecule is CC1c2nc(N)nc(N)c2CN1C(=O)Cc1ccc(Cl)cc1. The minimum Gasteiger partial charge on any atom is -0.383 e. The Labute approximate surface area is 133 Å². The molecule has 0 spiro atoms. The molecule has 0 fully saturated rings. The number of amides is 1. The molecule has 2 heterocycles. The van der Waals surface area contributed by atoms with E-state index in [1.165, 1.54) is 0 Å². The Hall–Kier alpha value is -2.34. The molecule has 1 aromatic carbocycles. The van der Waals surface area contributed by atoms with Crippen molar-refractivity contribution >= 4 is 29.3 Å².